The smallest absolute Gasteiger partial charge is 0.159 e. The van der Waals surface area contributed by atoms with Gasteiger partial charge in [0.25, 0.3) is 0 Å². The molecule has 0 fully saturated rings. The van der Waals surface area contributed by atoms with E-state index >= 15 is 0 Å². The summed E-state index contributed by atoms with van der Waals surface area (Å²) in [6.45, 7) is 0. The molecule has 61 heavy (non-hydrogen) atoms. The molecule has 0 aliphatic rings. The van der Waals surface area contributed by atoms with Crippen molar-refractivity contribution in [3.05, 3.63) is 224 Å². The van der Waals surface area contributed by atoms with Crippen molar-refractivity contribution in [1.82, 2.24) is 0 Å². The molecule has 10 aromatic carbocycles. The number of hydrogen-bond donors (Lipinski definition) is 0. The second-order valence-electron chi connectivity index (χ2n) is 15.2. The number of hydrogen-bond acceptors (Lipinski definition) is 3. The van der Waals surface area contributed by atoms with Crippen LogP contribution in [0, 0.1) is 0 Å². The summed E-state index contributed by atoms with van der Waals surface area (Å²) in [4.78, 5) is 2.24. The average molecular weight is 785 g/mol. The van der Waals surface area contributed by atoms with E-state index in [1.807, 2.05) is 78.9 Å². The average Bonchev–Trinajstić information content (AvgIpc) is 3.95. The second-order valence-corrected chi connectivity index (χ2v) is 15.2. The Morgan fingerprint density at radius 2 is 0.885 bits per heavy atom. The highest BCUT2D eigenvalue weighted by Gasteiger charge is 2.21. The maximum atomic E-state index is 8.72. The van der Waals surface area contributed by atoms with E-state index in [2.05, 4.69) is 120 Å². The Labute approximate surface area is 360 Å². The fourth-order valence-corrected chi connectivity index (χ4v) is 8.91. The van der Waals surface area contributed by atoms with Crippen molar-refractivity contribution in [3.8, 4) is 44.5 Å². The first-order valence-corrected chi connectivity index (χ1v) is 20.3. The standard InChI is InChI=1S/C58H37NO2/c1-3-13-39(14-4-1)45-34-35-46(49-18-8-7-17-48(45)49)41-27-32-44(33-28-41)59(43-30-25-38(26-31-43)42-29-36-56-53(37-42)50-19-9-10-24-55(50)60-56)54-23-12-22-52-51-21-11-20-47(57(51)61-58(52)54)40-15-5-2-6-16-40/h1-37H/i1D,3D,4D,13D,14D. The van der Waals surface area contributed by atoms with Crippen molar-refractivity contribution in [3.63, 3.8) is 0 Å². The Hall–Kier alpha value is -8.14. The van der Waals surface area contributed by atoms with Crippen molar-refractivity contribution < 1.29 is 15.7 Å². The molecule has 0 atom stereocenters. The van der Waals surface area contributed by atoms with Crippen molar-refractivity contribution in [2.24, 2.45) is 0 Å². The Balaban J connectivity index is 0.995. The number of fused-ring (bicyclic) bond motifs is 7. The van der Waals surface area contributed by atoms with Crippen LogP contribution in [0.15, 0.2) is 233 Å². The molecule has 2 aromatic heterocycles. The number of anilines is 3. The topological polar surface area (TPSA) is 29.5 Å². The number of benzene rings is 10. The Morgan fingerprint density at radius 1 is 0.328 bits per heavy atom. The van der Waals surface area contributed by atoms with Crippen molar-refractivity contribution in [1.29, 1.82) is 0 Å². The summed E-state index contributed by atoms with van der Waals surface area (Å²) in [6, 6.07) is 64.7. The molecule has 0 unspecified atom stereocenters. The van der Waals surface area contributed by atoms with Crippen LogP contribution in [0.5, 0.6) is 0 Å². The Kier molecular flexibility index (Phi) is 7.03. The van der Waals surface area contributed by atoms with Gasteiger partial charge in [0, 0.05) is 38.5 Å². The number of furan rings is 2. The summed E-state index contributed by atoms with van der Waals surface area (Å²) < 4.78 is 55.4. The van der Waals surface area contributed by atoms with E-state index in [-0.39, 0.29) is 29.7 Å². The zero-order chi connectivity index (χ0) is 44.6. The van der Waals surface area contributed by atoms with E-state index in [9.17, 15) is 0 Å². The molecule has 0 amide bonds. The summed E-state index contributed by atoms with van der Waals surface area (Å²) in [5, 5.41) is 5.94. The maximum Gasteiger partial charge on any atom is 0.159 e. The van der Waals surface area contributed by atoms with Gasteiger partial charge in [0.2, 0.25) is 0 Å². The second kappa shape index (κ2) is 14.3. The van der Waals surface area contributed by atoms with Gasteiger partial charge in [-0.2, -0.15) is 0 Å². The molecule has 3 heteroatoms. The van der Waals surface area contributed by atoms with Crippen LogP contribution in [-0.4, -0.2) is 0 Å². The van der Waals surface area contributed by atoms with Gasteiger partial charge in [0.15, 0.2) is 5.58 Å². The van der Waals surface area contributed by atoms with E-state index in [0.717, 1.165) is 105 Å². The van der Waals surface area contributed by atoms with Gasteiger partial charge in [-0.3, -0.25) is 0 Å². The lowest BCUT2D eigenvalue weighted by Crippen LogP contribution is -2.10. The zero-order valence-electron chi connectivity index (χ0n) is 37.7. The summed E-state index contributed by atoms with van der Waals surface area (Å²) in [7, 11) is 0. The fourth-order valence-electron chi connectivity index (χ4n) is 8.91. The first-order chi connectivity index (χ1) is 32.3. The number of para-hydroxylation sites is 3. The van der Waals surface area contributed by atoms with Crippen molar-refractivity contribution in [2.75, 3.05) is 4.90 Å². The van der Waals surface area contributed by atoms with Crippen LogP contribution < -0.4 is 4.90 Å². The van der Waals surface area contributed by atoms with Crippen LogP contribution in [0.25, 0.3) is 99.2 Å². The highest BCUT2D eigenvalue weighted by Crippen LogP contribution is 2.45. The summed E-state index contributed by atoms with van der Waals surface area (Å²) in [5.74, 6) is 0. The number of nitrogens with zero attached hydrogens (tertiary/aromatic N) is 1. The SMILES string of the molecule is [2H]c1c([2H])c([2H])c(-c2ccc(-c3ccc(N(c4ccc(-c5ccc6oc7ccccc7c6c5)cc4)c4cccc5c4oc4c(-c6ccccc6)cccc45)cc3)c3ccccc23)c([2H])c1[2H]. The molecule has 0 radical (unpaired) electrons. The molecular formula is C58H37NO2. The third-order valence-electron chi connectivity index (χ3n) is 11.8. The minimum Gasteiger partial charge on any atom is -0.456 e. The van der Waals surface area contributed by atoms with E-state index < -0.39 is 6.04 Å². The number of rotatable bonds is 7. The van der Waals surface area contributed by atoms with Crippen LogP contribution in [0.4, 0.5) is 17.1 Å². The maximum absolute atomic E-state index is 8.72. The van der Waals surface area contributed by atoms with Gasteiger partial charge in [0.1, 0.15) is 16.7 Å². The van der Waals surface area contributed by atoms with E-state index in [4.69, 9.17) is 15.7 Å². The van der Waals surface area contributed by atoms with E-state index in [0.29, 0.717) is 5.56 Å². The van der Waals surface area contributed by atoms with Gasteiger partial charge in [-0.1, -0.05) is 176 Å². The molecule has 0 bridgehead atoms. The molecule has 12 rings (SSSR count). The highest BCUT2D eigenvalue weighted by atomic mass is 16.3. The predicted octanol–water partition coefficient (Wildman–Crippen LogP) is 16.8. The zero-order valence-corrected chi connectivity index (χ0v) is 32.7. The minimum atomic E-state index is -0.408. The van der Waals surface area contributed by atoms with Gasteiger partial charge in [-0.15, -0.1) is 0 Å². The van der Waals surface area contributed by atoms with E-state index in [1.165, 1.54) is 0 Å². The summed E-state index contributed by atoms with van der Waals surface area (Å²) in [5.41, 5.74) is 13.1. The summed E-state index contributed by atoms with van der Waals surface area (Å²) >= 11 is 0. The van der Waals surface area contributed by atoms with Gasteiger partial charge >= 0.3 is 0 Å². The molecule has 0 N–H and O–H groups in total. The van der Waals surface area contributed by atoms with Crippen molar-refractivity contribution in [2.45, 2.75) is 0 Å². The van der Waals surface area contributed by atoms with E-state index in [1.54, 1.807) is 0 Å². The van der Waals surface area contributed by atoms with Crippen LogP contribution in [-0.2, 0) is 0 Å². The third-order valence-corrected chi connectivity index (χ3v) is 11.8. The van der Waals surface area contributed by atoms with Crippen LogP contribution in [0.3, 0.4) is 0 Å². The van der Waals surface area contributed by atoms with Gasteiger partial charge < -0.3 is 13.7 Å². The van der Waals surface area contributed by atoms with Gasteiger partial charge in [0.05, 0.1) is 12.5 Å². The molecule has 0 aliphatic carbocycles. The molecular weight excluding hydrogens is 743 g/mol. The normalized spacial score (nSPS) is 12.8. The highest BCUT2D eigenvalue weighted by molar-refractivity contribution is 6.14. The van der Waals surface area contributed by atoms with Crippen LogP contribution in [0.2, 0.25) is 0 Å². The monoisotopic (exact) mass is 784 g/mol. The summed E-state index contributed by atoms with van der Waals surface area (Å²) in [6.07, 6.45) is 0. The fraction of sp³-hybridized carbons (Fsp3) is 0. The largest absolute Gasteiger partial charge is 0.456 e. The predicted molar refractivity (Wildman–Crippen MR) is 255 cm³/mol. The molecule has 0 aliphatic heterocycles. The molecule has 0 spiro atoms. The van der Waals surface area contributed by atoms with Crippen molar-refractivity contribution >= 4 is 71.7 Å². The molecule has 2 heterocycles. The lowest BCUT2D eigenvalue weighted by Gasteiger charge is -2.26. The van der Waals surface area contributed by atoms with Crippen LogP contribution in [0.1, 0.15) is 6.85 Å². The van der Waals surface area contributed by atoms with Gasteiger partial charge in [-0.25, -0.2) is 0 Å². The quantitative estimate of drug-likeness (QED) is 0.161. The molecule has 3 nitrogen and oxygen atoms in total. The molecule has 286 valence electrons. The first-order valence-electron chi connectivity index (χ1n) is 22.8. The first kappa shape index (κ1) is 30.0. The molecule has 12 aromatic rings. The lowest BCUT2D eigenvalue weighted by molar-refractivity contribution is 0.669. The molecule has 0 saturated heterocycles. The Morgan fingerprint density at radius 3 is 1.62 bits per heavy atom. The van der Waals surface area contributed by atoms with Gasteiger partial charge in [-0.05, 0) is 98.2 Å². The third kappa shape index (κ3) is 5.90. The Bertz CT molecular complexity index is 3850. The minimum absolute atomic E-state index is 0.187. The van der Waals surface area contributed by atoms with Crippen LogP contribution >= 0.6 is 0 Å². The lowest BCUT2D eigenvalue weighted by atomic mass is 9.92. The molecule has 0 saturated carbocycles.